The maximum atomic E-state index is 14.0. The summed E-state index contributed by atoms with van der Waals surface area (Å²) in [5.74, 6) is 1.82. The van der Waals surface area contributed by atoms with Crippen LogP contribution in [0.15, 0.2) is 54.6 Å². The SMILES string of the molecule is CC(C)(C)c1ccc(-c2cccc(NC(=O)N3C(=O)C=C[C@]4(C)[C@H]5CC[C@]6(C)CCC[C@H]6[C@@H]5CC[C@@H]34)c2)c(C(C)(C)C)c1. The number of nitrogens with one attached hydrogen (secondary N) is 1. The van der Waals surface area contributed by atoms with Crippen molar-refractivity contribution in [1.29, 1.82) is 0 Å². The van der Waals surface area contributed by atoms with Gasteiger partial charge in [-0.15, -0.1) is 0 Å². The molecule has 4 heteroatoms. The van der Waals surface area contributed by atoms with Crippen molar-refractivity contribution < 1.29 is 9.59 Å². The van der Waals surface area contributed by atoms with Crippen molar-refractivity contribution in [1.82, 2.24) is 4.90 Å². The first kappa shape index (κ1) is 30.2. The van der Waals surface area contributed by atoms with Crippen molar-refractivity contribution in [2.45, 2.75) is 117 Å². The van der Waals surface area contributed by atoms with Crippen LogP contribution in [0.25, 0.3) is 11.1 Å². The lowest BCUT2D eigenvalue weighted by molar-refractivity contribution is -0.134. The summed E-state index contributed by atoms with van der Waals surface area (Å²) in [4.78, 5) is 28.9. The van der Waals surface area contributed by atoms with E-state index < -0.39 is 0 Å². The highest BCUT2D eigenvalue weighted by Gasteiger charge is 2.59. The second-order valence-electron chi connectivity index (χ2n) is 16.7. The second-order valence-corrected chi connectivity index (χ2v) is 16.7. The molecule has 1 heterocycles. The Morgan fingerprint density at radius 3 is 2.37 bits per heavy atom. The van der Waals surface area contributed by atoms with Gasteiger partial charge >= 0.3 is 6.03 Å². The number of fused-ring (bicyclic) bond motifs is 5. The molecule has 1 aliphatic heterocycles. The Morgan fingerprint density at radius 1 is 0.884 bits per heavy atom. The van der Waals surface area contributed by atoms with E-state index >= 15 is 0 Å². The molecule has 0 aromatic heterocycles. The van der Waals surface area contributed by atoms with E-state index in [0.29, 0.717) is 17.3 Å². The summed E-state index contributed by atoms with van der Waals surface area (Å²) in [5, 5.41) is 3.14. The van der Waals surface area contributed by atoms with Gasteiger partial charge in [-0.2, -0.15) is 0 Å². The Morgan fingerprint density at radius 2 is 1.65 bits per heavy atom. The van der Waals surface area contributed by atoms with E-state index in [4.69, 9.17) is 0 Å². The average molecular weight is 581 g/mol. The molecule has 3 fully saturated rings. The highest BCUT2D eigenvalue weighted by molar-refractivity contribution is 6.06. The zero-order chi connectivity index (χ0) is 30.9. The maximum Gasteiger partial charge on any atom is 0.329 e. The lowest BCUT2D eigenvalue weighted by atomic mass is 9.48. The lowest BCUT2D eigenvalue weighted by Crippen LogP contribution is -2.62. The third-order valence-corrected chi connectivity index (χ3v) is 12.0. The maximum absolute atomic E-state index is 14.0. The van der Waals surface area contributed by atoms with Gasteiger partial charge in [-0.25, -0.2) is 4.79 Å². The van der Waals surface area contributed by atoms with Crippen LogP contribution in [0.2, 0.25) is 0 Å². The molecule has 4 aliphatic rings. The topological polar surface area (TPSA) is 49.4 Å². The highest BCUT2D eigenvalue weighted by Crippen LogP contribution is 2.64. The fraction of sp³-hybridized carbons (Fsp3) is 0.590. The summed E-state index contributed by atoms with van der Waals surface area (Å²) < 4.78 is 0. The van der Waals surface area contributed by atoms with Gasteiger partial charge in [0, 0.05) is 17.2 Å². The van der Waals surface area contributed by atoms with E-state index in [2.05, 4.69) is 97.1 Å². The third kappa shape index (κ3) is 5.17. The number of benzene rings is 2. The first-order valence-electron chi connectivity index (χ1n) is 16.7. The fourth-order valence-electron chi connectivity index (χ4n) is 9.56. The fourth-order valence-corrected chi connectivity index (χ4v) is 9.56. The first-order valence-corrected chi connectivity index (χ1v) is 16.7. The van der Waals surface area contributed by atoms with E-state index in [9.17, 15) is 9.59 Å². The Kier molecular flexibility index (Phi) is 7.26. The number of carbonyl (C=O) groups excluding carboxylic acids is 2. The molecule has 4 nitrogen and oxygen atoms in total. The van der Waals surface area contributed by atoms with Crippen LogP contribution in [0.3, 0.4) is 0 Å². The molecule has 3 aliphatic carbocycles. The zero-order valence-electron chi connectivity index (χ0n) is 27.7. The van der Waals surface area contributed by atoms with Gasteiger partial charge in [0.05, 0.1) is 6.04 Å². The van der Waals surface area contributed by atoms with Gasteiger partial charge in [0.1, 0.15) is 0 Å². The predicted molar refractivity (Wildman–Crippen MR) is 177 cm³/mol. The van der Waals surface area contributed by atoms with Crippen molar-refractivity contribution >= 4 is 17.6 Å². The van der Waals surface area contributed by atoms with Gasteiger partial charge < -0.3 is 5.32 Å². The van der Waals surface area contributed by atoms with Crippen molar-refractivity contribution in [3.63, 3.8) is 0 Å². The van der Waals surface area contributed by atoms with Gasteiger partial charge in [0.15, 0.2) is 0 Å². The van der Waals surface area contributed by atoms with Crippen molar-refractivity contribution in [3.8, 4) is 11.1 Å². The van der Waals surface area contributed by atoms with Gasteiger partial charge in [-0.1, -0.05) is 98.2 Å². The van der Waals surface area contributed by atoms with E-state index in [1.807, 2.05) is 12.1 Å². The van der Waals surface area contributed by atoms with Crippen LogP contribution < -0.4 is 5.32 Å². The molecule has 43 heavy (non-hydrogen) atoms. The first-order chi connectivity index (χ1) is 20.1. The molecule has 0 radical (unpaired) electrons. The van der Waals surface area contributed by atoms with Crippen molar-refractivity contribution in [3.05, 3.63) is 65.7 Å². The molecule has 2 aromatic rings. The molecule has 230 valence electrons. The van der Waals surface area contributed by atoms with Crippen LogP contribution in [0.4, 0.5) is 10.5 Å². The Labute approximate surface area is 259 Å². The number of anilines is 1. The summed E-state index contributed by atoms with van der Waals surface area (Å²) in [6.45, 7) is 18.4. The molecular weight excluding hydrogens is 528 g/mol. The smallest absolute Gasteiger partial charge is 0.307 e. The van der Waals surface area contributed by atoms with Gasteiger partial charge in [-0.3, -0.25) is 9.69 Å². The standard InChI is InChI=1S/C39H52N2O2/c1-36(2,3)26-14-15-28(32(24-26)37(4,5)6)25-11-9-12-27(23-25)40-35(43)41-33-17-16-29-30-13-10-20-38(30,7)21-18-31(29)39(33,8)22-19-34(41)42/h9,11-12,14-15,19,22-24,29-31,33H,10,13,16-18,20-21H2,1-8H3,(H,40,43)/t29-,30-,31-,33+,38-,39+/m0/s1. The van der Waals surface area contributed by atoms with Crippen LogP contribution >= 0.6 is 0 Å². The minimum Gasteiger partial charge on any atom is -0.307 e. The molecule has 0 saturated heterocycles. The number of rotatable bonds is 2. The predicted octanol–water partition coefficient (Wildman–Crippen LogP) is 9.88. The zero-order valence-corrected chi connectivity index (χ0v) is 27.7. The molecule has 6 atom stereocenters. The minimum atomic E-state index is -0.304. The number of hydrogen-bond donors (Lipinski definition) is 1. The number of imide groups is 1. The summed E-state index contributed by atoms with van der Waals surface area (Å²) in [7, 11) is 0. The molecule has 2 aromatic carbocycles. The van der Waals surface area contributed by atoms with E-state index in [1.54, 1.807) is 11.0 Å². The van der Waals surface area contributed by atoms with Crippen LogP contribution in [-0.2, 0) is 15.6 Å². The Balaban J connectivity index is 1.26. The van der Waals surface area contributed by atoms with Gasteiger partial charge in [0.25, 0.3) is 5.91 Å². The molecular formula is C39H52N2O2. The molecule has 6 rings (SSSR count). The number of urea groups is 1. The average Bonchev–Trinajstić information content (AvgIpc) is 3.34. The van der Waals surface area contributed by atoms with E-state index in [-0.39, 0.29) is 34.2 Å². The summed E-state index contributed by atoms with van der Waals surface area (Å²) in [5.41, 5.74) is 5.91. The van der Waals surface area contributed by atoms with Gasteiger partial charge in [0.2, 0.25) is 0 Å². The van der Waals surface area contributed by atoms with Crippen LogP contribution in [-0.4, -0.2) is 22.9 Å². The van der Waals surface area contributed by atoms with Crippen LogP contribution in [0, 0.1) is 28.6 Å². The quantitative estimate of drug-likeness (QED) is 0.384. The van der Waals surface area contributed by atoms with Crippen LogP contribution in [0.5, 0.6) is 0 Å². The number of carbonyl (C=O) groups is 2. The van der Waals surface area contributed by atoms with Gasteiger partial charge in [-0.05, 0) is 107 Å². The largest absolute Gasteiger partial charge is 0.329 e. The summed E-state index contributed by atoms with van der Waals surface area (Å²) in [6, 6.07) is 14.5. The number of nitrogens with zero attached hydrogens (tertiary/aromatic N) is 1. The normalized spacial score (nSPS) is 32.2. The number of amides is 3. The van der Waals surface area contributed by atoms with E-state index in [0.717, 1.165) is 30.0 Å². The van der Waals surface area contributed by atoms with E-state index in [1.165, 1.54) is 48.8 Å². The number of hydrogen-bond acceptors (Lipinski definition) is 2. The van der Waals surface area contributed by atoms with Crippen molar-refractivity contribution in [2.75, 3.05) is 5.32 Å². The minimum absolute atomic E-state index is 0.0409. The molecule has 1 N–H and O–H groups in total. The molecule has 0 bridgehead atoms. The van der Waals surface area contributed by atoms with Crippen LogP contribution in [0.1, 0.15) is 111 Å². The monoisotopic (exact) mass is 580 g/mol. The molecule has 3 saturated carbocycles. The second kappa shape index (κ2) is 10.3. The summed E-state index contributed by atoms with van der Waals surface area (Å²) >= 11 is 0. The Hall–Kier alpha value is -2.88. The molecule has 0 unspecified atom stereocenters. The Bertz CT molecular complexity index is 1460. The molecule has 3 amide bonds. The highest BCUT2D eigenvalue weighted by atomic mass is 16.2. The lowest BCUT2D eigenvalue weighted by Gasteiger charge is -2.59. The summed E-state index contributed by atoms with van der Waals surface area (Å²) in [6.07, 6.45) is 12.4. The third-order valence-electron chi connectivity index (χ3n) is 12.0. The molecule has 0 spiro atoms. The van der Waals surface area contributed by atoms with Crippen molar-refractivity contribution in [2.24, 2.45) is 28.6 Å².